The van der Waals surface area contributed by atoms with Crippen LogP contribution in [0.15, 0.2) is 6.33 Å². The van der Waals surface area contributed by atoms with Gasteiger partial charge in [-0.25, -0.2) is 9.67 Å². The van der Waals surface area contributed by atoms with Gasteiger partial charge in [0.05, 0.1) is 0 Å². The molecule has 1 atom stereocenters. The van der Waals surface area contributed by atoms with Crippen molar-refractivity contribution in [3.63, 3.8) is 0 Å². The number of rotatable bonds is 3. The van der Waals surface area contributed by atoms with Crippen LogP contribution in [-0.4, -0.2) is 25.8 Å². The Morgan fingerprint density at radius 2 is 2.31 bits per heavy atom. The van der Waals surface area contributed by atoms with Gasteiger partial charge >= 0.3 is 5.97 Å². The van der Waals surface area contributed by atoms with Crippen LogP contribution in [-0.2, 0) is 4.79 Å². The molecule has 1 aromatic rings. The van der Waals surface area contributed by atoms with Crippen LogP contribution in [0.2, 0.25) is 0 Å². The minimum Gasteiger partial charge on any atom is -0.480 e. The Morgan fingerprint density at radius 3 is 2.77 bits per heavy atom. The third kappa shape index (κ3) is 1.83. The summed E-state index contributed by atoms with van der Waals surface area (Å²) in [7, 11) is 0. The summed E-state index contributed by atoms with van der Waals surface area (Å²) in [6.45, 7) is 3.76. The van der Waals surface area contributed by atoms with E-state index in [0.29, 0.717) is 0 Å². The topological polar surface area (TPSA) is 94.0 Å². The van der Waals surface area contributed by atoms with E-state index in [1.54, 1.807) is 0 Å². The normalized spacial score (nSPS) is 13.2. The Bertz CT molecular complexity index is 307. The Hall–Kier alpha value is -1.43. The molecule has 1 aromatic heterocycles. The van der Waals surface area contributed by atoms with E-state index in [4.69, 9.17) is 10.8 Å². The van der Waals surface area contributed by atoms with Crippen molar-refractivity contribution in [1.82, 2.24) is 14.8 Å². The highest BCUT2D eigenvalue weighted by molar-refractivity contribution is 5.73. The molecule has 0 amide bonds. The number of aliphatic carboxylic acids is 1. The molecule has 1 heterocycles. The van der Waals surface area contributed by atoms with E-state index >= 15 is 0 Å². The van der Waals surface area contributed by atoms with Gasteiger partial charge in [-0.3, -0.25) is 4.79 Å². The van der Waals surface area contributed by atoms with Crippen LogP contribution < -0.4 is 5.73 Å². The second-order valence-corrected chi connectivity index (χ2v) is 2.97. The number of hydrogen-bond acceptors (Lipinski definition) is 4. The largest absolute Gasteiger partial charge is 0.480 e. The van der Waals surface area contributed by atoms with E-state index in [9.17, 15) is 4.79 Å². The number of hydrogen-bond donors (Lipinski definition) is 2. The van der Waals surface area contributed by atoms with Crippen LogP contribution in [0.3, 0.4) is 0 Å². The SMILES string of the molecule is CC(C)n1ncnc1C(N)C(=O)O. The zero-order valence-corrected chi connectivity index (χ0v) is 7.51. The van der Waals surface area contributed by atoms with Crippen molar-refractivity contribution in [2.24, 2.45) is 5.73 Å². The number of aromatic nitrogens is 3. The molecule has 0 spiro atoms. The van der Waals surface area contributed by atoms with E-state index in [0.717, 1.165) is 0 Å². The summed E-state index contributed by atoms with van der Waals surface area (Å²) in [6.07, 6.45) is 1.30. The minimum atomic E-state index is -1.11. The second kappa shape index (κ2) is 3.53. The van der Waals surface area contributed by atoms with E-state index in [1.807, 2.05) is 13.8 Å². The van der Waals surface area contributed by atoms with Gasteiger partial charge in [0.15, 0.2) is 11.9 Å². The van der Waals surface area contributed by atoms with E-state index in [-0.39, 0.29) is 11.9 Å². The van der Waals surface area contributed by atoms with Crippen LogP contribution in [0.1, 0.15) is 31.8 Å². The van der Waals surface area contributed by atoms with Crippen molar-refractivity contribution in [3.8, 4) is 0 Å². The molecule has 0 bridgehead atoms. The zero-order valence-electron chi connectivity index (χ0n) is 7.51. The summed E-state index contributed by atoms with van der Waals surface area (Å²) in [4.78, 5) is 14.4. The fraction of sp³-hybridized carbons (Fsp3) is 0.571. The fourth-order valence-electron chi connectivity index (χ4n) is 0.990. The molecule has 0 fully saturated rings. The summed E-state index contributed by atoms with van der Waals surface area (Å²) in [5.41, 5.74) is 5.40. The van der Waals surface area contributed by atoms with Gasteiger partial charge in [0, 0.05) is 6.04 Å². The van der Waals surface area contributed by atoms with Crippen LogP contribution in [0, 0.1) is 0 Å². The lowest BCUT2D eigenvalue weighted by Crippen LogP contribution is -2.25. The first-order chi connectivity index (χ1) is 6.04. The first-order valence-corrected chi connectivity index (χ1v) is 3.91. The lowest BCUT2D eigenvalue weighted by atomic mass is 10.3. The third-order valence-corrected chi connectivity index (χ3v) is 1.63. The van der Waals surface area contributed by atoms with Gasteiger partial charge in [-0.05, 0) is 13.8 Å². The molecule has 1 unspecified atom stereocenters. The second-order valence-electron chi connectivity index (χ2n) is 2.97. The van der Waals surface area contributed by atoms with E-state index in [1.165, 1.54) is 11.0 Å². The van der Waals surface area contributed by atoms with Crippen molar-refractivity contribution in [2.75, 3.05) is 0 Å². The van der Waals surface area contributed by atoms with Gasteiger partial charge in [0.1, 0.15) is 6.33 Å². The third-order valence-electron chi connectivity index (χ3n) is 1.63. The summed E-state index contributed by atoms with van der Waals surface area (Å²) in [5.74, 6) is -0.822. The van der Waals surface area contributed by atoms with Gasteiger partial charge < -0.3 is 10.8 Å². The lowest BCUT2D eigenvalue weighted by molar-refractivity contribution is -0.138. The average molecular weight is 184 g/mol. The molecular formula is C7H12N4O2. The van der Waals surface area contributed by atoms with Gasteiger partial charge in [0.2, 0.25) is 0 Å². The van der Waals surface area contributed by atoms with Crippen molar-refractivity contribution < 1.29 is 9.90 Å². The summed E-state index contributed by atoms with van der Waals surface area (Å²) >= 11 is 0. The van der Waals surface area contributed by atoms with Gasteiger partial charge in [0.25, 0.3) is 0 Å². The molecule has 72 valence electrons. The van der Waals surface area contributed by atoms with Gasteiger partial charge in [-0.1, -0.05) is 0 Å². The van der Waals surface area contributed by atoms with E-state index in [2.05, 4.69) is 10.1 Å². The quantitative estimate of drug-likeness (QED) is 0.686. The molecule has 0 aliphatic carbocycles. The molecule has 3 N–H and O–H groups in total. The van der Waals surface area contributed by atoms with Crippen molar-refractivity contribution >= 4 is 5.97 Å². The highest BCUT2D eigenvalue weighted by Gasteiger charge is 2.21. The standard InChI is InChI=1S/C7H12N4O2/c1-4(2)11-6(9-3-10-11)5(8)7(12)13/h3-5H,8H2,1-2H3,(H,12,13). The Morgan fingerprint density at radius 1 is 1.69 bits per heavy atom. The van der Waals surface area contributed by atoms with Crippen LogP contribution in [0.25, 0.3) is 0 Å². The van der Waals surface area contributed by atoms with E-state index < -0.39 is 12.0 Å². The number of carboxylic acid groups (broad SMARTS) is 1. The van der Waals surface area contributed by atoms with Crippen molar-refractivity contribution in [2.45, 2.75) is 25.9 Å². The first-order valence-electron chi connectivity index (χ1n) is 3.91. The van der Waals surface area contributed by atoms with Gasteiger partial charge in [-0.15, -0.1) is 0 Å². The smallest absolute Gasteiger partial charge is 0.328 e. The van der Waals surface area contributed by atoms with Crippen molar-refractivity contribution in [3.05, 3.63) is 12.2 Å². The summed E-state index contributed by atoms with van der Waals surface area (Å²) < 4.78 is 1.50. The van der Waals surface area contributed by atoms with Crippen LogP contribution in [0.5, 0.6) is 0 Å². The minimum absolute atomic E-state index is 0.0582. The Kier molecular flexibility index (Phi) is 2.62. The average Bonchev–Trinajstić information content (AvgIpc) is 2.50. The van der Waals surface area contributed by atoms with Gasteiger partial charge in [-0.2, -0.15) is 5.10 Å². The molecule has 0 aliphatic rings. The zero-order chi connectivity index (χ0) is 10.0. The number of nitrogens with two attached hydrogens (primary N) is 1. The monoisotopic (exact) mass is 184 g/mol. The summed E-state index contributed by atoms with van der Waals surface area (Å²) in [5, 5.41) is 12.5. The maximum Gasteiger partial charge on any atom is 0.328 e. The maximum atomic E-state index is 10.6. The Labute approximate surface area is 75.4 Å². The highest BCUT2D eigenvalue weighted by Crippen LogP contribution is 2.11. The molecule has 0 aromatic carbocycles. The predicted molar refractivity (Wildman–Crippen MR) is 45.0 cm³/mol. The highest BCUT2D eigenvalue weighted by atomic mass is 16.4. The molecule has 13 heavy (non-hydrogen) atoms. The molecule has 0 aliphatic heterocycles. The molecule has 6 heteroatoms. The molecule has 0 saturated carbocycles. The molecule has 0 saturated heterocycles. The predicted octanol–water partition coefficient (Wildman–Crippen LogP) is -0.0566. The first kappa shape index (κ1) is 9.66. The number of carboxylic acids is 1. The number of nitrogens with zero attached hydrogens (tertiary/aromatic N) is 3. The molecule has 0 radical (unpaired) electrons. The summed E-state index contributed by atoms with van der Waals surface area (Å²) in [6, 6.07) is -1.05. The van der Waals surface area contributed by atoms with Crippen molar-refractivity contribution in [1.29, 1.82) is 0 Å². The van der Waals surface area contributed by atoms with Crippen LogP contribution in [0.4, 0.5) is 0 Å². The molecular weight excluding hydrogens is 172 g/mol. The molecule has 1 rings (SSSR count). The fourth-order valence-corrected chi connectivity index (χ4v) is 0.990. The molecule has 6 nitrogen and oxygen atoms in total. The number of carbonyl (C=O) groups is 1. The Balaban J connectivity index is 3.00. The lowest BCUT2D eigenvalue weighted by Gasteiger charge is -2.11. The van der Waals surface area contributed by atoms with Crippen LogP contribution >= 0.6 is 0 Å². The maximum absolute atomic E-state index is 10.6.